The Morgan fingerprint density at radius 1 is 1.33 bits per heavy atom. The van der Waals surface area contributed by atoms with Gasteiger partial charge in [-0.2, -0.15) is 0 Å². The lowest BCUT2D eigenvalue weighted by atomic mass is 10.1. The Bertz CT molecular complexity index is 504. The van der Waals surface area contributed by atoms with E-state index in [-0.39, 0.29) is 5.91 Å². The second-order valence-corrected chi connectivity index (χ2v) is 6.31. The molecule has 0 saturated carbocycles. The average Bonchev–Trinajstić information content (AvgIpc) is 2.59. The summed E-state index contributed by atoms with van der Waals surface area (Å²) in [6, 6.07) is 6.50. The predicted molar refractivity (Wildman–Crippen MR) is 87.9 cm³/mol. The number of carbonyl (C=O) groups is 1. The number of rotatable bonds is 4. The third-order valence-corrected chi connectivity index (χ3v) is 4.13. The Hall–Kier alpha value is -1.26. The van der Waals surface area contributed by atoms with Crippen LogP contribution >= 0.6 is 11.6 Å². The largest absolute Gasteiger partial charge is 0.362 e. The van der Waals surface area contributed by atoms with E-state index < -0.39 is 0 Å². The number of amides is 1. The Labute approximate surface area is 132 Å². The molecule has 116 valence electrons. The molecule has 5 heteroatoms. The van der Waals surface area contributed by atoms with Crippen molar-refractivity contribution in [1.82, 2.24) is 10.2 Å². The van der Waals surface area contributed by atoms with Crippen molar-refractivity contribution < 1.29 is 4.79 Å². The van der Waals surface area contributed by atoms with Gasteiger partial charge in [-0.1, -0.05) is 31.5 Å². The molecule has 0 radical (unpaired) electrons. The maximum atomic E-state index is 12.0. The first kappa shape index (κ1) is 16.1. The predicted octanol–water partition coefficient (Wildman–Crippen LogP) is 2.51. The van der Waals surface area contributed by atoms with Crippen LogP contribution < -0.4 is 10.2 Å². The molecule has 2 rings (SSSR count). The zero-order valence-electron chi connectivity index (χ0n) is 13.0. The molecule has 1 aromatic rings. The SMILES string of the molecule is CC(C)NCc1ccc(N2CCCN(C)C(=O)C2)cc1Cl. The van der Waals surface area contributed by atoms with E-state index in [0.29, 0.717) is 12.6 Å². The molecule has 0 unspecified atom stereocenters. The lowest BCUT2D eigenvalue weighted by Crippen LogP contribution is -2.34. The summed E-state index contributed by atoms with van der Waals surface area (Å²) < 4.78 is 0. The molecule has 0 atom stereocenters. The number of hydrogen-bond acceptors (Lipinski definition) is 3. The van der Waals surface area contributed by atoms with Crippen LogP contribution in [0.5, 0.6) is 0 Å². The van der Waals surface area contributed by atoms with Gasteiger partial charge >= 0.3 is 0 Å². The van der Waals surface area contributed by atoms with Crippen LogP contribution in [0.2, 0.25) is 5.02 Å². The van der Waals surface area contributed by atoms with Crippen LogP contribution in [0.15, 0.2) is 18.2 Å². The fraction of sp³-hybridized carbons (Fsp3) is 0.562. The van der Waals surface area contributed by atoms with Gasteiger partial charge in [-0.05, 0) is 24.1 Å². The van der Waals surface area contributed by atoms with E-state index in [9.17, 15) is 4.79 Å². The second kappa shape index (κ2) is 7.14. The van der Waals surface area contributed by atoms with Crippen molar-refractivity contribution in [2.45, 2.75) is 32.9 Å². The van der Waals surface area contributed by atoms with Gasteiger partial charge in [0.25, 0.3) is 0 Å². The van der Waals surface area contributed by atoms with Crippen LogP contribution in [0.1, 0.15) is 25.8 Å². The van der Waals surface area contributed by atoms with Gasteiger partial charge in [-0.3, -0.25) is 4.79 Å². The second-order valence-electron chi connectivity index (χ2n) is 5.90. The maximum Gasteiger partial charge on any atom is 0.241 e. The van der Waals surface area contributed by atoms with Crippen molar-refractivity contribution in [3.8, 4) is 0 Å². The highest BCUT2D eigenvalue weighted by Gasteiger charge is 2.19. The summed E-state index contributed by atoms with van der Waals surface area (Å²) in [5.41, 5.74) is 2.12. The average molecular weight is 310 g/mol. The van der Waals surface area contributed by atoms with Gasteiger partial charge in [-0.25, -0.2) is 0 Å². The standard InChI is InChI=1S/C16H24ClN3O/c1-12(2)18-10-13-5-6-14(9-15(13)17)20-8-4-7-19(3)16(21)11-20/h5-6,9,12,18H,4,7-8,10-11H2,1-3H3. The third kappa shape index (κ3) is 4.35. The summed E-state index contributed by atoms with van der Waals surface area (Å²) in [6.07, 6.45) is 0.983. The molecule has 0 bridgehead atoms. The fourth-order valence-electron chi connectivity index (χ4n) is 2.40. The van der Waals surface area contributed by atoms with Gasteiger partial charge in [0, 0.05) is 43.4 Å². The fourth-order valence-corrected chi connectivity index (χ4v) is 2.64. The maximum absolute atomic E-state index is 12.0. The van der Waals surface area contributed by atoms with E-state index in [1.807, 2.05) is 19.2 Å². The van der Waals surface area contributed by atoms with E-state index >= 15 is 0 Å². The van der Waals surface area contributed by atoms with Crippen molar-refractivity contribution in [2.24, 2.45) is 0 Å². The van der Waals surface area contributed by atoms with E-state index in [0.717, 1.165) is 42.3 Å². The van der Waals surface area contributed by atoms with E-state index in [2.05, 4.69) is 30.1 Å². The van der Waals surface area contributed by atoms with Crippen LogP contribution in [-0.2, 0) is 11.3 Å². The summed E-state index contributed by atoms with van der Waals surface area (Å²) in [4.78, 5) is 15.9. The lowest BCUT2D eigenvalue weighted by molar-refractivity contribution is -0.127. The number of nitrogens with one attached hydrogen (secondary N) is 1. The summed E-state index contributed by atoms with van der Waals surface area (Å²) in [5, 5.41) is 4.12. The highest BCUT2D eigenvalue weighted by Crippen LogP contribution is 2.25. The highest BCUT2D eigenvalue weighted by atomic mass is 35.5. The molecule has 1 aromatic carbocycles. The summed E-state index contributed by atoms with van der Waals surface area (Å²) in [5.74, 6) is 0.161. The molecule has 21 heavy (non-hydrogen) atoms. The zero-order chi connectivity index (χ0) is 15.4. The summed E-state index contributed by atoms with van der Waals surface area (Å²) in [7, 11) is 1.86. The summed E-state index contributed by atoms with van der Waals surface area (Å²) >= 11 is 6.38. The molecular weight excluding hydrogens is 286 g/mol. The zero-order valence-corrected chi connectivity index (χ0v) is 13.8. The Balaban J connectivity index is 2.10. The Morgan fingerprint density at radius 3 is 2.76 bits per heavy atom. The molecule has 0 spiro atoms. The van der Waals surface area contributed by atoms with E-state index in [4.69, 9.17) is 11.6 Å². The van der Waals surface area contributed by atoms with Crippen LogP contribution in [0.25, 0.3) is 0 Å². The molecule has 1 aliphatic heterocycles. The topological polar surface area (TPSA) is 35.6 Å². The van der Waals surface area contributed by atoms with Crippen molar-refractivity contribution >= 4 is 23.2 Å². The highest BCUT2D eigenvalue weighted by molar-refractivity contribution is 6.31. The van der Waals surface area contributed by atoms with Gasteiger partial charge in [0.1, 0.15) is 0 Å². The first-order valence-corrected chi connectivity index (χ1v) is 7.86. The van der Waals surface area contributed by atoms with Crippen LogP contribution in [0.4, 0.5) is 5.69 Å². The Kier molecular flexibility index (Phi) is 5.48. The number of benzene rings is 1. The quantitative estimate of drug-likeness (QED) is 0.928. The van der Waals surface area contributed by atoms with Gasteiger partial charge < -0.3 is 15.1 Å². The summed E-state index contributed by atoms with van der Waals surface area (Å²) in [6.45, 7) is 7.12. The molecule has 1 aliphatic rings. The number of likely N-dealkylation sites (N-methyl/N-ethyl adjacent to an activating group) is 1. The molecule has 1 fully saturated rings. The van der Waals surface area contributed by atoms with E-state index in [1.165, 1.54) is 0 Å². The minimum Gasteiger partial charge on any atom is -0.362 e. The number of anilines is 1. The number of carbonyl (C=O) groups excluding carboxylic acids is 1. The number of halogens is 1. The van der Waals surface area contributed by atoms with Crippen molar-refractivity contribution in [2.75, 3.05) is 31.6 Å². The van der Waals surface area contributed by atoms with Gasteiger partial charge in [-0.15, -0.1) is 0 Å². The molecular formula is C16H24ClN3O. The molecule has 0 aromatic heterocycles. The molecule has 1 N–H and O–H groups in total. The van der Waals surface area contributed by atoms with E-state index in [1.54, 1.807) is 4.90 Å². The van der Waals surface area contributed by atoms with Crippen molar-refractivity contribution in [1.29, 1.82) is 0 Å². The smallest absolute Gasteiger partial charge is 0.241 e. The number of nitrogens with zero attached hydrogens (tertiary/aromatic N) is 2. The monoisotopic (exact) mass is 309 g/mol. The third-order valence-electron chi connectivity index (χ3n) is 3.78. The number of hydrogen-bond donors (Lipinski definition) is 1. The minimum atomic E-state index is 0.161. The van der Waals surface area contributed by atoms with Crippen molar-refractivity contribution in [3.05, 3.63) is 28.8 Å². The first-order valence-electron chi connectivity index (χ1n) is 7.48. The van der Waals surface area contributed by atoms with Gasteiger partial charge in [0.2, 0.25) is 5.91 Å². The molecule has 1 saturated heterocycles. The molecule has 1 amide bonds. The Morgan fingerprint density at radius 2 is 2.10 bits per heavy atom. The van der Waals surface area contributed by atoms with Gasteiger partial charge in [0.15, 0.2) is 0 Å². The van der Waals surface area contributed by atoms with Crippen LogP contribution in [0, 0.1) is 0 Å². The molecule has 0 aliphatic carbocycles. The van der Waals surface area contributed by atoms with Crippen molar-refractivity contribution in [3.63, 3.8) is 0 Å². The molecule has 1 heterocycles. The lowest BCUT2D eigenvalue weighted by Gasteiger charge is -2.23. The first-order chi connectivity index (χ1) is 9.97. The van der Waals surface area contributed by atoms with Gasteiger partial charge in [0.05, 0.1) is 6.54 Å². The minimum absolute atomic E-state index is 0.161. The normalized spacial score (nSPS) is 16.5. The van der Waals surface area contributed by atoms with Crippen LogP contribution in [0.3, 0.4) is 0 Å². The molecule has 4 nitrogen and oxygen atoms in total. The van der Waals surface area contributed by atoms with Crippen LogP contribution in [-0.4, -0.2) is 43.5 Å².